The van der Waals surface area contributed by atoms with E-state index in [1.54, 1.807) is 48.5 Å². The Hall–Kier alpha value is -2.58. The molecule has 2 aromatic rings. The van der Waals surface area contributed by atoms with E-state index in [1.807, 2.05) is 6.07 Å². The molecule has 1 heterocycles. The molecule has 1 aliphatic heterocycles. The van der Waals surface area contributed by atoms with Crippen LogP contribution in [0.2, 0.25) is 0 Å². The van der Waals surface area contributed by atoms with Crippen LogP contribution in [0.1, 0.15) is 26.3 Å². The maximum Gasteiger partial charge on any atom is 0.338 e. The molecule has 7 nitrogen and oxygen atoms in total. The van der Waals surface area contributed by atoms with E-state index in [0.29, 0.717) is 49.5 Å². The lowest BCUT2D eigenvalue weighted by Gasteiger charge is -2.36. The van der Waals surface area contributed by atoms with Gasteiger partial charge in [0.2, 0.25) is 0 Å². The van der Waals surface area contributed by atoms with Crippen molar-refractivity contribution in [2.24, 2.45) is 5.41 Å². The van der Waals surface area contributed by atoms with Crippen LogP contribution >= 0.6 is 0 Å². The molecule has 1 aliphatic rings. The van der Waals surface area contributed by atoms with E-state index >= 15 is 0 Å². The Labute approximate surface area is 175 Å². The summed E-state index contributed by atoms with van der Waals surface area (Å²) in [5.74, 6) is -0.692. The van der Waals surface area contributed by atoms with E-state index in [2.05, 4.69) is 4.90 Å². The molecule has 0 bridgehead atoms. The zero-order valence-corrected chi connectivity index (χ0v) is 16.8. The third kappa shape index (κ3) is 5.52. The zero-order valence-electron chi connectivity index (χ0n) is 16.8. The fourth-order valence-electron chi connectivity index (χ4n) is 3.34. The maximum absolute atomic E-state index is 12.5. The molecule has 3 rings (SSSR count). The first kappa shape index (κ1) is 22.1. The number of morpholine rings is 1. The van der Waals surface area contributed by atoms with Gasteiger partial charge in [-0.05, 0) is 12.1 Å². The lowest BCUT2D eigenvalue weighted by molar-refractivity contribution is -0.0511. The highest BCUT2D eigenvalue weighted by Crippen LogP contribution is 2.20. The van der Waals surface area contributed by atoms with Crippen molar-refractivity contribution in [1.82, 2.24) is 4.90 Å². The average Bonchev–Trinajstić information content (AvgIpc) is 2.82. The second kappa shape index (κ2) is 10.4. The van der Waals surface area contributed by atoms with Crippen LogP contribution in [0, 0.1) is 5.41 Å². The molecule has 30 heavy (non-hydrogen) atoms. The summed E-state index contributed by atoms with van der Waals surface area (Å²) in [5.41, 5.74) is 0.406. The third-order valence-electron chi connectivity index (χ3n) is 5.26. The monoisotopic (exact) mass is 413 g/mol. The molecule has 2 N–H and O–H groups in total. The number of aliphatic hydroxyl groups is 2. The van der Waals surface area contributed by atoms with Gasteiger partial charge in [0.25, 0.3) is 0 Å². The molecule has 0 aliphatic carbocycles. The number of esters is 1. The Morgan fingerprint density at radius 3 is 2.07 bits per heavy atom. The zero-order chi connectivity index (χ0) is 21.4. The van der Waals surface area contributed by atoms with E-state index in [-0.39, 0.29) is 25.6 Å². The minimum absolute atomic E-state index is 0.110. The Bertz CT molecular complexity index is 827. The van der Waals surface area contributed by atoms with Crippen LogP contribution in [0.5, 0.6) is 0 Å². The van der Waals surface area contributed by atoms with Crippen LogP contribution in [-0.4, -0.2) is 79.5 Å². The first-order valence-corrected chi connectivity index (χ1v) is 9.96. The third-order valence-corrected chi connectivity index (χ3v) is 5.26. The van der Waals surface area contributed by atoms with Gasteiger partial charge in [-0.1, -0.05) is 42.5 Å². The number of hydrogen-bond donors (Lipinski definition) is 2. The highest BCUT2D eigenvalue weighted by Gasteiger charge is 2.34. The molecule has 160 valence electrons. The quantitative estimate of drug-likeness (QED) is 0.474. The number of benzene rings is 2. The molecule has 1 fully saturated rings. The van der Waals surface area contributed by atoms with Gasteiger partial charge in [0.1, 0.15) is 6.61 Å². The highest BCUT2D eigenvalue weighted by molar-refractivity contribution is 6.09. The molecular formula is C23H27NO6. The van der Waals surface area contributed by atoms with Gasteiger partial charge in [-0.2, -0.15) is 0 Å². The molecule has 0 spiro atoms. The van der Waals surface area contributed by atoms with Gasteiger partial charge in [0.15, 0.2) is 5.78 Å². The van der Waals surface area contributed by atoms with Crippen molar-refractivity contribution in [3.63, 3.8) is 0 Å². The Morgan fingerprint density at radius 2 is 1.47 bits per heavy atom. The van der Waals surface area contributed by atoms with Crippen LogP contribution in [0.3, 0.4) is 0 Å². The summed E-state index contributed by atoms with van der Waals surface area (Å²) < 4.78 is 10.7. The number of aliphatic hydroxyl groups excluding tert-OH is 2. The van der Waals surface area contributed by atoms with Gasteiger partial charge in [0, 0.05) is 30.8 Å². The molecule has 0 aromatic heterocycles. The molecule has 1 saturated heterocycles. The highest BCUT2D eigenvalue weighted by atomic mass is 16.5. The van der Waals surface area contributed by atoms with Crippen molar-refractivity contribution in [3.8, 4) is 0 Å². The van der Waals surface area contributed by atoms with Crippen molar-refractivity contribution in [2.75, 3.05) is 52.7 Å². The van der Waals surface area contributed by atoms with Crippen molar-refractivity contribution >= 4 is 11.8 Å². The van der Waals surface area contributed by atoms with Gasteiger partial charge in [-0.3, -0.25) is 9.69 Å². The summed E-state index contributed by atoms with van der Waals surface area (Å²) >= 11 is 0. The van der Waals surface area contributed by atoms with E-state index < -0.39 is 11.4 Å². The topological polar surface area (TPSA) is 96.3 Å². The molecule has 0 unspecified atom stereocenters. The van der Waals surface area contributed by atoms with Gasteiger partial charge in [0.05, 0.1) is 37.4 Å². The standard InChI is InChI=1S/C23H27NO6/c25-15-23(16-26,14-24-10-12-29-13-11-24)17-30-22(28)20-8-6-19(7-9-20)21(27)18-4-2-1-3-5-18/h1-9,25-26H,10-17H2. The summed E-state index contributed by atoms with van der Waals surface area (Å²) in [6.45, 7) is 2.28. The SMILES string of the molecule is O=C(OCC(CO)(CO)CN1CCOCC1)c1ccc(C(=O)c2ccccc2)cc1. The molecule has 2 aromatic carbocycles. The van der Waals surface area contributed by atoms with Crippen LogP contribution < -0.4 is 0 Å². The molecule has 0 amide bonds. The van der Waals surface area contributed by atoms with E-state index in [9.17, 15) is 19.8 Å². The van der Waals surface area contributed by atoms with E-state index in [4.69, 9.17) is 9.47 Å². The summed E-state index contributed by atoms with van der Waals surface area (Å²) in [5, 5.41) is 19.7. The minimum atomic E-state index is -0.948. The summed E-state index contributed by atoms with van der Waals surface area (Å²) in [6.07, 6.45) is 0. The fraction of sp³-hybridized carbons (Fsp3) is 0.391. The van der Waals surface area contributed by atoms with Gasteiger partial charge < -0.3 is 19.7 Å². The Balaban J connectivity index is 1.61. The normalized spacial score (nSPS) is 15.0. The summed E-state index contributed by atoms with van der Waals surface area (Å²) in [7, 11) is 0. The van der Waals surface area contributed by atoms with Crippen molar-refractivity contribution in [1.29, 1.82) is 0 Å². The number of ether oxygens (including phenoxy) is 2. The first-order valence-electron chi connectivity index (χ1n) is 9.96. The predicted octanol–water partition coefficient (Wildman–Crippen LogP) is 1.38. The second-order valence-corrected chi connectivity index (χ2v) is 7.55. The average molecular weight is 413 g/mol. The van der Waals surface area contributed by atoms with Crippen molar-refractivity contribution in [3.05, 3.63) is 71.3 Å². The van der Waals surface area contributed by atoms with E-state index in [1.165, 1.54) is 0 Å². The molecule has 0 atom stereocenters. The van der Waals surface area contributed by atoms with Gasteiger partial charge in [-0.15, -0.1) is 0 Å². The molecule has 0 saturated carbocycles. The van der Waals surface area contributed by atoms with Crippen LogP contribution in [0.25, 0.3) is 0 Å². The largest absolute Gasteiger partial charge is 0.461 e. The molecular weight excluding hydrogens is 386 g/mol. The van der Waals surface area contributed by atoms with E-state index in [0.717, 1.165) is 0 Å². The van der Waals surface area contributed by atoms with Gasteiger partial charge >= 0.3 is 5.97 Å². The molecule has 7 heteroatoms. The summed E-state index contributed by atoms with van der Waals surface area (Å²) in [6, 6.07) is 15.2. The number of ketones is 1. The van der Waals surface area contributed by atoms with Crippen LogP contribution in [0.4, 0.5) is 0 Å². The van der Waals surface area contributed by atoms with Crippen molar-refractivity contribution in [2.45, 2.75) is 0 Å². The number of carbonyl (C=O) groups excluding carboxylic acids is 2. The number of carbonyl (C=O) groups is 2. The second-order valence-electron chi connectivity index (χ2n) is 7.55. The summed E-state index contributed by atoms with van der Waals surface area (Å²) in [4.78, 5) is 27.0. The van der Waals surface area contributed by atoms with Gasteiger partial charge in [-0.25, -0.2) is 4.79 Å². The number of nitrogens with zero attached hydrogens (tertiary/aromatic N) is 1. The predicted molar refractivity (Wildman–Crippen MR) is 110 cm³/mol. The lowest BCUT2D eigenvalue weighted by atomic mass is 9.90. The fourth-order valence-corrected chi connectivity index (χ4v) is 3.34. The van der Waals surface area contributed by atoms with Crippen molar-refractivity contribution < 1.29 is 29.3 Å². The number of rotatable bonds is 9. The Kier molecular flexibility index (Phi) is 7.70. The first-order chi connectivity index (χ1) is 14.6. The number of hydrogen-bond acceptors (Lipinski definition) is 7. The van der Waals surface area contributed by atoms with Crippen LogP contribution in [-0.2, 0) is 9.47 Å². The molecule has 0 radical (unpaired) electrons. The maximum atomic E-state index is 12.5. The minimum Gasteiger partial charge on any atom is -0.461 e. The smallest absolute Gasteiger partial charge is 0.338 e. The van der Waals surface area contributed by atoms with Crippen LogP contribution in [0.15, 0.2) is 54.6 Å². The Morgan fingerprint density at radius 1 is 0.900 bits per heavy atom. The lowest BCUT2D eigenvalue weighted by Crippen LogP contribution is -2.49.